The van der Waals surface area contributed by atoms with E-state index in [0.717, 1.165) is 10.2 Å². The van der Waals surface area contributed by atoms with Crippen LogP contribution in [0.4, 0.5) is 5.69 Å². The maximum absolute atomic E-state index is 12.5. The van der Waals surface area contributed by atoms with Crippen LogP contribution in [0.15, 0.2) is 46.9 Å². The van der Waals surface area contributed by atoms with E-state index >= 15 is 0 Å². The minimum Gasteiger partial charge on any atom is -0.497 e. The van der Waals surface area contributed by atoms with Gasteiger partial charge in [-0.1, -0.05) is 22.0 Å². The van der Waals surface area contributed by atoms with Crippen LogP contribution in [0.3, 0.4) is 0 Å². The predicted octanol–water partition coefficient (Wildman–Crippen LogP) is 3.01. The molecule has 1 heterocycles. The molecule has 2 amide bonds. The molecule has 1 fully saturated rings. The molecule has 1 unspecified atom stereocenters. The lowest BCUT2D eigenvalue weighted by Crippen LogP contribution is -2.35. The van der Waals surface area contributed by atoms with E-state index in [-0.39, 0.29) is 18.2 Å². The summed E-state index contributed by atoms with van der Waals surface area (Å²) in [7, 11) is 3.10. The van der Waals surface area contributed by atoms with Gasteiger partial charge < -0.3 is 24.4 Å². The first-order chi connectivity index (χ1) is 14.0. The first-order valence-corrected chi connectivity index (χ1v) is 9.99. The average molecular weight is 463 g/mol. The van der Waals surface area contributed by atoms with Gasteiger partial charge in [0.1, 0.15) is 23.9 Å². The molecule has 1 saturated heterocycles. The molecule has 3 rings (SSSR count). The topological polar surface area (TPSA) is 77.1 Å². The van der Waals surface area contributed by atoms with Crippen LogP contribution in [0.25, 0.3) is 0 Å². The van der Waals surface area contributed by atoms with E-state index < -0.39 is 5.92 Å². The van der Waals surface area contributed by atoms with Gasteiger partial charge in [-0.15, -0.1) is 0 Å². The van der Waals surface area contributed by atoms with Gasteiger partial charge in [-0.3, -0.25) is 9.59 Å². The first-order valence-electron chi connectivity index (χ1n) is 9.20. The van der Waals surface area contributed by atoms with Crippen LogP contribution in [0, 0.1) is 5.92 Å². The van der Waals surface area contributed by atoms with Gasteiger partial charge in [-0.25, -0.2) is 0 Å². The molecule has 2 aromatic carbocycles. The Labute approximate surface area is 178 Å². The molecule has 0 saturated carbocycles. The molecule has 0 bridgehead atoms. The van der Waals surface area contributed by atoms with Gasteiger partial charge in [-0.05, 0) is 30.3 Å². The van der Waals surface area contributed by atoms with Gasteiger partial charge in [-0.2, -0.15) is 0 Å². The number of halogens is 1. The molecule has 1 aliphatic rings. The van der Waals surface area contributed by atoms with Crippen molar-refractivity contribution in [3.8, 4) is 17.2 Å². The van der Waals surface area contributed by atoms with Crippen LogP contribution in [0.5, 0.6) is 17.2 Å². The maximum atomic E-state index is 12.5. The van der Waals surface area contributed by atoms with Crippen molar-refractivity contribution in [1.82, 2.24) is 5.32 Å². The maximum Gasteiger partial charge on any atom is 0.227 e. The summed E-state index contributed by atoms with van der Waals surface area (Å²) in [6.07, 6.45) is 0.151. The van der Waals surface area contributed by atoms with Crippen LogP contribution >= 0.6 is 15.9 Å². The highest BCUT2D eigenvalue weighted by Gasteiger charge is 2.36. The lowest BCUT2D eigenvalue weighted by atomic mass is 10.1. The minimum atomic E-state index is -0.427. The van der Waals surface area contributed by atoms with Crippen molar-refractivity contribution in [3.63, 3.8) is 0 Å². The molecule has 154 valence electrons. The summed E-state index contributed by atoms with van der Waals surface area (Å²) in [5.74, 6) is 1.18. The Morgan fingerprint density at radius 2 is 2.00 bits per heavy atom. The highest BCUT2D eigenvalue weighted by atomic mass is 79.9. The molecule has 1 N–H and O–H groups in total. The van der Waals surface area contributed by atoms with E-state index in [4.69, 9.17) is 14.2 Å². The fraction of sp³-hybridized carbons (Fsp3) is 0.333. The fourth-order valence-corrected chi connectivity index (χ4v) is 3.55. The van der Waals surface area contributed by atoms with Gasteiger partial charge in [0.05, 0.1) is 32.4 Å². The third-order valence-electron chi connectivity index (χ3n) is 4.64. The largest absolute Gasteiger partial charge is 0.497 e. The number of ether oxygens (including phenoxy) is 3. The van der Waals surface area contributed by atoms with Crippen molar-refractivity contribution in [2.24, 2.45) is 5.92 Å². The molecule has 2 aromatic rings. The quantitative estimate of drug-likeness (QED) is 0.610. The lowest BCUT2D eigenvalue weighted by Gasteiger charge is -2.20. The summed E-state index contributed by atoms with van der Waals surface area (Å²) >= 11 is 3.39. The Balaban J connectivity index is 1.55. The zero-order valence-corrected chi connectivity index (χ0v) is 17.9. The molecule has 1 aliphatic heterocycles. The second-order valence-corrected chi connectivity index (χ2v) is 7.46. The standard InChI is InChI=1S/C21H23BrN2O5/c1-27-16-6-7-19(28-2)18(12-16)24-13-14(10-20(24)25)21(26)23-8-9-29-17-5-3-4-15(22)11-17/h3-7,11-12,14H,8-10,13H2,1-2H3,(H,23,26). The zero-order valence-electron chi connectivity index (χ0n) is 16.3. The highest BCUT2D eigenvalue weighted by molar-refractivity contribution is 9.10. The van der Waals surface area contributed by atoms with Crippen LogP contribution < -0.4 is 24.4 Å². The molecule has 1 atom stereocenters. The van der Waals surface area contributed by atoms with Crippen LogP contribution in [0.2, 0.25) is 0 Å². The average Bonchev–Trinajstić information content (AvgIpc) is 3.12. The third-order valence-corrected chi connectivity index (χ3v) is 5.13. The van der Waals surface area contributed by atoms with E-state index in [1.807, 2.05) is 24.3 Å². The number of amides is 2. The predicted molar refractivity (Wildman–Crippen MR) is 113 cm³/mol. The second kappa shape index (κ2) is 9.65. The van der Waals surface area contributed by atoms with Crippen LogP contribution in [-0.4, -0.2) is 45.7 Å². The number of methoxy groups -OCH3 is 2. The summed E-state index contributed by atoms with van der Waals surface area (Å²) < 4.78 is 17.1. The number of benzene rings is 2. The first kappa shape index (κ1) is 21.0. The lowest BCUT2D eigenvalue weighted by molar-refractivity contribution is -0.126. The van der Waals surface area contributed by atoms with Crippen molar-refractivity contribution >= 4 is 33.4 Å². The number of hydrogen-bond acceptors (Lipinski definition) is 5. The number of carbonyl (C=O) groups is 2. The minimum absolute atomic E-state index is 0.123. The van der Waals surface area contributed by atoms with Crippen molar-refractivity contribution in [1.29, 1.82) is 0 Å². The number of nitrogens with one attached hydrogen (secondary N) is 1. The fourth-order valence-electron chi connectivity index (χ4n) is 3.17. The van der Waals surface area contributed by atoms with Gasteiger partial charge in [0.25, 0.3) is 0 Å². The number of anilines is 1. The van der Waals surface area contributed by atoms with Gasteiger partial charge in [0.2, 0.25) is 11.8 Å². The molecule has 8 heteroatoms. The Bertz CT molecular complexity index is 889. The van der Waals surface area contributed by atoms with E-state index in [1.54, 1.807) is 37.3 Å². The van der Waals surface area contributed by atoms with Crippen molar-refractivity contribution in [2.75, 3.05) is 38.8 Å². The second-order valence-electron chi connectivity index (χ2n) is 6.54. The highest BCUT2D eigenvalue weighted by Crippen LogP contribution is 2.36. The molecule has 0 radical (unpaired) electrons. The monoisotopic (exact) mass is 462 g/mol. The Morgan fingerprint density at radius 3 is 2.72 bits per heavy atom. The summed E-state index contributed by atoms with van der Waals surface area (Å²) in [6, 6.07) is 12.7. The number of nitrogens with zero attached hydrogens (tertiary/aromatic N) is 1. The normalized spacial score (nSPS) is 15.9. The number of hydrogen-bond donors (Lipinski definition) is 1. The van der Waals surface area contributed by atoms with Crippen molar-refractivity contribution in [2.45, 2.75) is 6.42 Å². The number of carbonyl (C=O) groups excluding carboxylic acids is 2. The van der Waals surface area contributed by atoms with Crippen molar-refractivity contribution < 1.29 is 23.8 Å². The summed E-state index contributed by atoms with van der Waals surface area (Å²) in [5.41, 5.74) is 0.602. The zero-order chi connectivity index (χ0) is 20.8. The molecule has 0 aromatic heterocycles. The Morgan fingerprint density at radius 1 is 1.17 bits per heavy atom. The summed E-state index contributed by atoms with van der Waals surface area (Å²) in [6.45, 7) is 0.996. The molecule has 0 aliphatic carbocycles. The van der Waals surface area contributed by atoms with Gasteiger partial charge >= 0.3 is 0 Å². The van der Waals surface area contributed by atoms with Gasteiger partial charge in [0.15, 0.2) is 0 Å². The van der Waals surface area contributed by atoms with E-state index in [9.17, 15) is 9.59 Å². The smallest absolute Gasteiger partial charge is 0.227 e. The van der Waals surface area contributed by atoms with Crippen molar-refractivity contribution in [3.05, 3.63) is 46.9 Å². The molecule has 0 spiro atoms. The van der Waals surface area contributed by atoms with Gasteiger partial charge in [0, 0.05) is 23.5 Å². The SMILES string of the molecule is COc1ccc(OC)c(N2CC(C(=O)NCCOc3cccc(Br)c3)CC2=O)c1. The molecular weight excluding hydrogens is 440 g/mol. The third kappa shape index (κ3) is 5.20. The van der Waals surface area contributed by atoms with E-state index in [1.165, 1.54) is 0 Å². The summed E-state index contributed by atoms with van der Waals surface area (Å²) in [5, 5.41) is 2.84. The Kier molecular flexibility index (Phi) is 6.98. The molecule has 7 nitrogen and oxygen atoms in total. The van der Waals surface area contributed by atoms with E-state index in [2.05, 4.69) is 21.2 Å². The summed E-state index contributed by atoms with van der Waals surface area (Å²) in [4.78, 5) is 26.6. The van der Waals surface area contributed by atoms with E-state index in [0.29, 0.717) is 36.9 Å². The Hall–Kier alpha value is -2.74. The number of rotatable bonds is 8. The van der Waals surface area contributed by atoms with Crippen LogP contribution in [-0.2, 0) is 9.59 Å². The molecular formula is C21H23BrN2O5. The molecule has 29 heavy (non-hydrogen) atoms. The van der Waals surface area contributed by atoms with Crippen LogP contribution in [0.1, 0.15) is 6.42 Å².